The van der Waals surface area contributed by atoms with Gasteiger partial charge in [-0.05, 0) is 42.9 Å². The van der Waals surface area contributed by atoms with Gasteiger partial charge in [0.2, 0.25) is 0 Å². The summed E-state index contributed by atoms with van der Waals surface area (Å²) in [6, 6.07) is 0. The second kappa shape index (κ2) is 6.61. The van der Waals surface area contributed by atoms with Crippen molar-refractivity contribution in [3.8, 4) is 0 Å². The molecule has 0 heterocycles. The average Bonchev–Trinajstić information content (AvgIpc) is 3.00. The van der Waals surface area contributed by atoms with Crippen LogP contribution in [0.3, 0.4) is 0 Å². The fourth-order valence-corrected chi connectivity index (χ4v) is 6.69. The van der Waals surface area contributed by atoms with Crippen LogP contribution in [0.4, 0.5) is 4.79 Å². The zero-order valence-corrected chi connectivity index (χ0v) is 17.4. The van der Waals surface area contributed by atoms with Gasteiger partial charge in [0.05, 0.1) is 6.10 Å². The van der Waals surface area contributed by atoms with Crippen molar-refractivity contribution in [3.05, 3.63) is 12.7 Å². The lowest BCUT2D eigenvalue weighted by molar-refractivity contribution is -0.191. The highest BCUT2D eigenvalue weighted by Gasteiger charge is 2.68. The minimum absolute atomic E-state index is 0.00951. The number of ether oxygens (including phenoxy) is 1. The molecule has 152 valence electrons. The van der Waals surface area contributed by atoms with Crippen LogP contribution in [0.2, 0.25) is 0 Å². The number of carbonyl (C=O) groups excluding carboxylic acids is 2. The van der Waals surface area contributed by atoms with E-state index in [4.69, 9.17) is 4.74 Å². The molecule has 0 radical (unpaired) electrons. The van der Waals surface area contributed by atoms with Gasteiger partial charge in [0.25, 0.3) is 0 Å². The normalized spacial score (nSPS) is 49.6. The van der Waals surface area contributed by atoms with Gasteiger partial charge in [-0.3, -0.25) is 4.79 Å². The summed E-state index contributed by atoms with van der Waals surface area (Å²) in [4.78, 5) is 25.4. The van der Waals surface area contributed by atoms with Crippen LogP contribution in [-0.2, 0) is 9.53 Å². The van der Waals surface area contributed by atoms with E-state index in [9.17, 15) is 14.7 Å². The Morgan fingerprint density at radius 1 is 1.33 bits per heavy atom. The molecule has 3 saturated carbocycles. The predicted molar refractivity (Wildman–Crippen MR) is 104 cm³/mol. The molecule has 5 heteroatoms. The van der Waals surface area contributed by atoms with Gasteiger partial charge < -0.3 is 15.2 Å². The topological polar surface area (TPSA) is 75.6 Å². The maximum atomic E-state index is 13.2. The number of ketones is 1. The zero-order valence-electron chi connectivity index (χ0n) is 17.4. The van der Waals surface area contributed by atoms with E-state index in [1.165, 1.54) is 0 Å². The first-order chi connectivity index (χ1) is 12.6. The van der Waals surface area contributed by atoms with Gasteiger partial charge in [-0.2, -0.15) is 0 Å². The van der Waals surface area contributed by atoms with Crippen LogP contribution in [0.1, 0.15) is 59.8 Å². The molecule has 0 aromatic carbocycles. The van der Waals surface area contributed by atoms with Gasteiger partial charge in [-0.15, -0.1) is 6.58 Å². The maximum Gasteiger partial charge on any atom is 0.407 e. The van der Waals surface area contributed by atoms with Crippen molar-refractivity contribution in [2.75, 3.05) is 7.05 Å². The smallest absolute Gasteiger partial charge is 0.407 e. The largest absolute Gasteiger partial charge is 0.446 e. The van der Waals surface area contributed by atoms with Gasteiger partial charge in [0.15, 0.2) is 0 Å². The molecule has 1 amide bonds. The van der Waals surface area contributed by atoms with Crippen LogP contribution in [0.25, 0.3) is 0 Å². The van der Waals surface area contributed by atoms with Crippen LogP contribution < -0.4 is 5.32 Å². The molecule has 0 spiro atoms. The summed E-state index contributed by atoms with van der Waals surface area (Å²) in [6.45, 7) is 12.4. The number of nitrogens with one attached hydrogen (secondary N) is 1. The molecule has 3 aliphatic rings. The van der Waals surface area contributed by atoms with Crippen LogP contribution in [0.15, 0.2) is 12.7 Å². The van der Waals surface area contributed by atoms with Gasteiger partial charge in [0, 0.05) is 30.2 Å². The van der Waals surface area contributed by atoms with E-state index in [0.717, 1.165) is 19.3 Å². The molecular formula is C22H35NO4. The third-order valence-electron chi connectivity index (χ3n) is 8.76. The summed E-state index contributed by atoms with van der Waals surface area (Å²) in [7, 11) is 1.55. The second-order valence-corrected chi connectivity index (χ2v) is 9.73. The van der Waals surface area contributed by atoms with E-state index in [0.29, 0.717) is 12.8 Å². The highest BCUT2D eigenvalue weighted by molar-refractivity contribution is 5.85. The van der Waals surface area contributed by atoms with E-state index < -0.39 is 29.1 Å². The van der Waals surface area contributed by atoms with Crippen molar-refractivity contribution in [2.24, 2.45) is 34.0 Å². The fraction of sp³-hybridized carbons (Fsp3) is 0.818. The Morgan fingerprint density at radius 3 is 2.59 bits per heavy atom. The lowest BCUT2D eigenvalue weighted by Crippen LogP contribution is -2.63. The van der Waals surface area contributed by atoms with E-state index in [1.807, 2.05) is 13.0 Å². The summed E-state index contributed by atoms with van der Waals surface area (Å²) in [5.41, 5.74) is -1.26. The molecule has 0 aliphatic heterocycles. The predicted octanol–water partition coefficient (Wildman–Crippen LogP) is 3.71. The lowest BCUT2D eigenvalue weighted by Gasteiger charge is -2.61. The Hall–Kier alpha value is -1.36. The number of amides is 1. The molecule has 0 aromatic heterocycles. The Kier molecular flexibility index (Phi) is 4.99. The number of hydrogen-bond acceptors (Lipinski definition) is 4. The molecule has 2 unspecified atom stereocenters. The highest BCUT2D eigenvalue weighted by atomic mass is 16.6. The number of alkyl carbamates (subject to hydrolysis) is 1. The minimum atomic E-state index is -0.628. The number of Topliss-reactive ketones (excluding diaryl/α,β-unsaturated/α-hetero) is 1. The molecule has 27 heavy (non-hydrogen) atoms. The Bertz CT molecular complexity index is 648. The molecule has 0 saturated heterocycles. The molecular weight excluding hydrogens is 342 g/mol. The summed E-state index contributed by atoms with van der Waals surface area (Å²) >= 11 is 0. The number of rotatable bonds is 2. The van der Waals surface area contributed by atoms with E-state index in [-0.39, 0.29) is 29.0 Å². The monoisotopic (exact) mass is 377 g/mol. The molecule has 8 atom stereocenters. The van der Waals surface area contributed by atoms with Crippen LogP contribution in [0.5, 0.6) is 0 Å². The molecule has 2 bridgehead atoms. The summed E-state index contributed by atoms with van der Waals surface area (Å²) < 4.78 is 5.91. The summed E-state index contributed by atoms with van der Waals surface area (Å²) in [6.07, 6.45) is 4.01. The van der Waals surface area contributed by atoms with Crippen molar-refractivity contribution < 1.29 is 19.4 Å². The quantitative estimate of drug-likeness (QED) is 0.720. The van der Waals surface area contributed by atoms with Gasteiger partial charge >= 0.3 is 6.09 Å². The second-order valence-electron chi connectivity index (χ2n) is 9.73. The maximum absolute atomic E-state index is 13.2. The number of aliphatic hydroxyl groups is 1. The van der Waals surface area contributed by atoms with Gasteiger partial charge in [-0.25, -0.2) is 4.79 Å². The number of carbonyl (C=O) groups is 2. The van der Waals surface area contributed by atoms with Crippen LogP contribution >= 0.6 is 0 Å². The molecule has 2 N–H and O–H groups in total. The van der Waals surface area contributed by atoms with E-state index in [1.54, 1.807) is 7.05 Å². The summed E-state index contributed by atoms with van der Waals surface area (Å²) in [5.74, 6) is 0.340. The number of hydrogen-bond donors (Lipinski definition) is 2. The van der Waals surface area contributed by atoms with E-state index >= 15 is 0 Å². The van der Waals surface area contributed by atoms with E-state index in [2.05, 4.69) is 32.7 Å². The third kappa shape index (κ3) is 2.68. The average molecular weight is 378 g/mol. The van der Waals surface area contributed by atoms with Crippen molar-refractivity contribution in [3.63, 3.8) is 0 Å². The Morgan fingerprint density at radius 2 is 2.00 bits per heavy atom. The Labute approximate surface area is 162 Å². The number of aliphatic hydroxyl groups excluding tert-OH is 1. The van der Waals surface area contributed by atoms with Crippen molar-refractivity contribution in [2.45, 2.75) is 72.0 Å². The molecule has 5 nitrogen and oxygen atoms in total. The minimum Gasteiger partial charge on any atom is -0.446 e. The first-order valence-electron chi connectivity index (χ1n) is 10.3. The first-order valence-corrected chi connectivity index (χ1v) is 10.3. The fourth-order valence-electron chi connectivity index (χ4n) is 6.69. The third-order valence-corrected chi connectivity index (χ3v) is 8.76. The molecule has 3 rings (SSSR count). The molecule has 3 fully saturated rings. The molecule has 0 aromatic rings. The van der Waals surface area contributed by atoms with Crippen LogP contribution in [-0.4, -0.2) is 36.2 Å². The summed E-state index contributed by atoms with van der Waals surface area (Å²) in [5, 5.41) is 13.9. The van der Waals surface area contributed by atoms with Crippen LogP contribution in [0, 0.1) is 34.0 Å². The lowest BCUT2D eigenvalue weighted by atomic mass is 9.44. The zero-order chi connectivity index (χ0) is 20.2. The first kappa shape index (κ1) is 20.4. The van der Waals surface area contributed by atoms with Gasteiger partial charge in [-0.1, -0.05) is 33.8 Å². The van der Waals surface area contributed by atoms with Gasteiger partial charge in [0.1, 0.15) is 11.9 Å². The van der Waals surface area contributed by atoms with Crippen molar-refractivity contribution in [1.82, 2.24) is 5.32 Å². The standard InChI is InChI=1S/C22H35NO4/c1-7-20(4)12-16(27-19(26)23-6)21(5)13(2)8-10-22(14(3)18(20)25)11-9-15(24)17(21)22/h7,13-14,16-18,25H,1,8-12H2,2-6H3,(H,23,26)/t13-,14+,16-,17?,18+,20-,21+,22?/m1/s1. The molecule has 3 aliphatic carbocycles. The van der Waals surface area contributed by atoms with Crippen molar-refractivity contribution in [1.29, 1.82) is 0 Å². The highest BCUT2D eigenvalue weighted by Crippen LogP contribution is 2.67. The van der Waals surface area contributed by atoms with Crippen molar-refractivity contribution >= 4 is 11.9 Å². The SMILES string of the molecule is C=C[C@]1(C)C[C@@H](OC(=O)NC)[C@@]2(C)C3C(=O)CCC3(CC[C@H]2C)[C@@H](C)[C@@H]1O. The Balaban J connectivity index is 2.21.